The van der Waals surface area contributed by atoms with Crippen LogP contribution in [0.25, 0.3) is 0 Å². The van der Waals surface area contributed by atoms with Crippen LogP contribution in [0, 0.1) is 0 Å². The third-order valence-electron chi connectivity index (χ3n) is 1.41. The third-order valence-corrected chi connectivity index (χ3v) is 2.27. The molecule has 4 N–H and O–H groups in total. The predicted molar refractivity (Wildman–Crippen MR) is 54.0 cm³/mol. The van der Waals surface area contributed by atoms with Crippen molar-refractivity contribution in [2.75, 3.05) is 12.8 Å². The molecule has 0 saturated heterocycles. The summed E-state index contributed by atoms with van der Waals surface area (Å²) in [4.78, 5) is 10.6. The van der Waals surface area contributed by atoms with Gasteiger partial charge in [0.1, 0.15) is 6.04 Å². The molecule has 0 aromatic rings. The van der Waals surface area contributed by atoms with Gasteiger partial charge in [-0.1, -0.05) is 6.92 Å². The molecule has 0 heterocycles. The summed E-state index contributed by atoms with van der Waals surface area (Å²) in [6.45, 7) is 2.36. The summed E-state index contributed by atoms with van der Waals surface area (Å²) in [5.41, 5.74) is 0. The SMILES string of the molecule is CCN[C@@H](CC=S(C)(N)=O)C(=O)O. The van der Waals surface area contributed by atoms with E-state index in [9.17, 15) is 9.00 Å². The van der Waals surface area contributed by atoms with E-state index in [-0.39, 0.29) is 6.42 Å². The zero-order valence-corrected chi connectivity index (χ0v) is 8.63. The van der Waals surface area contributed by atoms with Crippen molar-refractivity contribution in [1.29, 1.82) is 0 Å². The topological polar surface area (TPSA) is 92.4 Å². The molecule has 0 aliphatic carbocycles. The Morgan fingerprint density at radius 2 is 2.31 bits per heavy atom. The summed E-state index contributed by atoms with van der Waals surface area (Å²) in [5.74, 6) is -0.957. The first-order valence-corrected chi connectivity index (χ1v) is 6.02. The van der Waals surface area contributed by atoms with Gasteiger partial charge in [-0.2, -0.15) is 0 Å². The molecule has 0 aliphatic heterocycles. The van der Waals surface area contributed by atoms with Gasteiger partial charge < -0.3 is 10.4 Å². The number of hydrogen-bond donors (Lipinski definition) is 3. The maximum atomic E-state index is 11.0. The molecule has 5 nitrogen and oxygen atoms in total. The van der Waals surface area contributed by atoms with Crippen LogP contribution in [0.15, 0.2) is 0 Å². The number of nitrogens with two attached hydrogens (primary N) is 1. The minimum Gasteiger partial charge on any atom is -0.480 e. The lowest BCUT2D eigenvalue weighted by Crippen LogP contribution is -2.37. The lowest BCUT2D eigenvalue weighted by atomic mass is 10.2. The highest BCUT2D eigenvalue weighted by Crippen LogP contribution is 1.90. The molecular formula is C7H16N2O3S. The zero-order valence-electron chi connectivity index (χ0n) is 7.82. The van der Waals surface area contributed by atoms with Crippen molar-refractivity contribution in [3.05, 3.63) is 0 Å². The fourth-order valence-electron chi connectivity index (χ4n) is 0.805. The summed E-state index contributed by atoms with van der Waals surface area (Å²) < 4.78 is 11.0. The predicted octanol–water partition coefficient (Wildman–Crippen LogP) is -0.971. The molecule has 0 aromatic heterocycles. The lowest BCUT2D eigenvalue weighted by Gasteiger charge is -2.10. The van der Waals surface area contributed by atoms with E-state index < -0.39 is 21.7 Å². The van der Waals surface area contributed by atoms with Gasteiger partial charge in [0.25, 0.3) is 0 Å². The molecule has 0 fully saturated rings. The molecule has 13 heavy (non-hydrogen) atoms. The Labute approximate surface area is 78.5 Å². The van der Waals surface area contributed by atoms with E-state index in [4.69, 9.17) is 10.2 Å². The van der Waals surface area contributed by atoms with E-state index in [2.05, 4.69) is 5.32 Å². The molecule has 0 aromatic carbocycles. The average Bonchev–Trinajstić information content (AvgIpc) is 1.95. The fourth-order valence-corrected chi connectivity index (χ4v) is 1.38. The van der Waals surface area contributed by atoms with E-state index in [1.54, 1.807) is 0 Å². The summed E-state index contributed by atoms with van der Waals surface area (Å²) in [7, 11) is -2.45. The standard InChI is InChI=1S/C7H16N2O3S/c1-3-9-6(7(10)11)4-5-13(2,8)12/h5-6,9H,3-4H2,1-2H3,(H2,8,12)(H,10,11)/t6-,13?/m0/s1. The summed E-state index contributed by atoms with van der Waals surface area (Å²) in [6, 6.07) is -0.700. The van der Waals surface area contributed by atoms with Gasteiger partial charge in [-0.15, -0.1) is 0 Å². The molecule has 0 rings (SSSR count). The monoisotopic (exact) mass is 208 g/mol. The molecule has 0 aliphatic rings. The van der Waals surface area contributed by atoms with Crippen LogP contribution < -0.4 is 10.5 Å². The fraction of sp³-hybridized carbons (Fsp3) is 0.714. The van der Waals surface area contributed by atoms with Gasteiger partial charge in [0.15, 0.2) is 0 Å². The van der Waals surface area contributed by atoms with Crippen molar-refractivity contribution < 1.29 is 14.1 Å². The van der Waals surface area contributed by atoms with Crippen LogP contribution in [0.3, 0.4) is 0 Å². The van der Waals surface area contributed by atoms with Crippen LogP contribution >= 0.6 is 0 Å². The molecule has 78 valence electrons. The smallest absolute Gasteiger partial charge is 0.321 e. The van der Waals surface area contributed by atoms with Crippen LogP contribution in [-0.2, 0) is 14.5 Å². The third kappa shape index (κ3) is 6.56. The number of rotatable bonds is 5. The Bertz CT molecular complexity index is 273. The molecule has 1 unspecified atom stereocenters. The van der Waals surface area contributed by atoms with E-state index in [0.29, 0.717) is 6.54 Å². The second-order valence-corrected chi connectivity index (χ2v) is 5.08. The Kier molecular flexibility index (Phi) is 4.97. The first-order chi connectivity index (χ1) is 5.87. The van der Waals surface area contributed by atoms with Crippen molar-refractivity contribution >= 4 is 21.0 Å². The van der Waals surface area contributed by atoms with E-state index in [0.717, 1.165) is 0 Å². The second kappa shape index (κ2) is 5.21. The molecular weight excluding hydrogens is 192 g/mol. The summed E-state index contributed by atoms with van der Waals surface area (Å²) in [6.07, 6.45) is 1.55. The molecule has 0 bridgehead atoms. The second-order valence-electron chi connectivity index (χ2n) is 2.82. The van der Waals surface area contributed by atoms with Crippen LogP contribution in [0.4, 0.5) is 0 Å². The zero-order chi connectivity index (χ0) is 10.5. The Balaban J connectivity index is 4.29. The van der Waals surface area contributed by atoms with Crippen LogP contribution in [0.2, 0.25) is 0 Å². The number of carboxylic acid groups (broad SMARTS) is 1. The van der Waals surface area contributed by atoms with Crippen molar-refractivity contribution in [3.8, 4) is 0 Å². The minimum atomic E-state index is -2.45. The summed E-state index contributed by atoms with van der Waals surface area (Å²) in [5, 5.41) is 18.0. The van der Waals surface area contributed by atoms with Gasteiger partial charge in [-0.3, -0.25) is 14.1 Å². The normalized spacial score (nSPS) is 17.5. The Hall–Kier alpha value is -0.590. The van der Waals surface area contributed by atoms with Gasteiger partial charge >= 0.3 is 5.97 Å². The van der Waals surface area contributed by atoms with Gasteiger partial charge in [0, 0.05) is 22.4 Å². The molecule has 6 heteroatoms. The Morgan fingerprint density at radius 3 is 2.62 bits per heavy atom. The quantitative estimate of drug-likeness (QED) is 0.507. The average molecular weight is 208 g/mol. The number of carbonyl (C=O) groups is 1. The summed E-state index contributed by atoms with van der Waals surface area (Å²) >= 11 is 0. The molecule has 0 spiro atoms. The van der Waals surface area contributed by atoms with Crippen molar-refractivity contribution in [3.63, 3.8) is 0 Å². The molecule has 0 radical (unpaired) electrons. The number of likely N-dealkylation sites (N-methyl/N-ethyl adjacent to an activating group) is 1. The van der Waals surface area contributed by atoms with Crippen molar-refractivity contribution in [2.24, 2.45) is 5.14 Å². The molecule has 0 saturated carbocycles. The largest absolute Gasteiger partial charge is 0.480 e. The molecule has 0 amide bonds. The number of nitrogens with one attached hydrogen (secondary N) is 1. The van der Waals surface area contributed by atoms with Gasteiger partial charge in [-0.05, 0) is 11.9 Å². The lowest BCUT2D eigenvalue weighted by molar-refractivity contribution is -0.139. The van der Waals surface area contributed by atoms with E-state index >= 15 is 0 Å². The van der Waals surface area contributed by atoms with E-state index in [1.807, 2.05) is 6.92 Å². The first-order valence-electron chi connectivity index (χ1n) is 3.93. The van der Waals surface area contributed by atoms with Crippen molar-refractivity contribution in [2.45, 2.75) is 19.4 Å². The Morgan fingerprint density at radius 1 is 1.77 bits per heavy atom. The van der Waals surface area contributed by atoms with Gasteiger partial charge in [0.2, 0.25) is 0 Å². The molecule has 2 atom stereocenters. The minimum absolute atomic E-state index is 0.176. The van der Waals surface area contributed by atoms with Crippen molar-refractivity contribution in [1.82, 2.24) is 5.32 Å². The number of aliphatic carboxylic acids is 1. The highest BCUT2D eigenvalue weighted by Gasteiger charge is 2.14. The highest BCUT2D eigenvalue weighted by atomic mass is 32.2. The van der Waals surface area contributed by atoms with Crippen LogP contribution in [0.1, 0.15) is 13.3 Å². The van der Waals surface area contributed by atoms with Crippen LogP contribution in [-0.4, -0.2) is 39.5 Å². The van der Waals surface area contributed by atoms with Gasteiger partial charge in [-0.25, -0.2) is 0 Å². The maximum absolute atomic E-state index is 11.0. The number of hydrogen-bond acceptors (Lipinski definition) is 3. The highest BCUT2D eigenvalue weighted by molar-refractivity contribution is 7.98. The van der Waals surface area contributed by atoms with E-state index in [1.165, 1.54) is 11.6 Å². The van der Waals surface area contributed by atoms with Gasteiger partial charge in [0.05, 0.1) is 0 Å². The number of carboxylic acids is 1. The maximum Gasteiger partial charge on any atom is 0.321 e. The first kappa shape index (κ1) is 12.4. The van der Waals surface area contributed by atoms with Crippen LogP contribution in [0.5, 0.6) is 0 Å².